The highest BCUT2D eigenvalue weighted by Gasteiger charge is 2.12. The molecular formula is C9H10N2O3. The molecule has 0 aliphatic carbocycles. The summed E-state index contributed by atoms with van der Waals surface area (Å²) in [5, 5.41) is 10.6. The van der Waals surface area contributed by atoms with Crippen LogP contribution in [0.5, 0.6) is 5.75 Å². The second-order valence-corrected chi connectivity index (χ2v) is 3.04. The number of hydrogen-bond acceptors (Lipinski definition) is 3. The maximum absolute atomic E-state index is 10.2. The van der Waals surface area contributed by atoms with Gasteiger partial charge in [-0.2, -0.15) is 0 Å². The van der Waals surface area contributed by atoms with Crippen LogP contribution < -0.4 is 10.1 Å². The lowest BCUT2D eigenvalue weighted by Crippen LogP contribution is -2.20. The van der Waals surface area contributed by atoms with Gasteiger partial charge < -0.3 is 15.2 Å². The first-order chi connectivity index (χ1) is 6.75. The number of carboxylic acid groups (broad SMARTS) is 1. The van der Waals surface area contributed by atoms with E-state index in [1.165, 1.54) is 0 Å². The third-order valence-corrected chi connectivity index (χ3v) is 2.05. The second kappa shape index (κ2) is 3.53. The highest BCUT2D eigenvalue weighted by molar-refractivity contribution is 5.64. The van der Waals surface area contributed by atoms with Crippen molar-refractivity contribution in [2.24, 2.45) is 0 Å². The highest BCUT2D eigenvalue weighted by Crippen LogP contribution is 2.24. The number of ether oxygens (including phenoxy) is 1. The van der Waals surface area contributed by atoms with Crippen molar-refractivity contribution in [3.8, 4) is 5.75 Å². The topological polar surface area (TPSA) is 71.5 Å². The Kier molecular flexibility index (Phi) is 2.22. The zero-order valence-corrected chi connectivity index (χ0v) is 7.49. The van der Waals surface area contributed by atoms with Gasteiger partial charge in [0.2, 0.25) is 0 Å². The van der Waals surface area contributed by atoms with Crippen molar-refractivity contribution in [3.05, 3.63) is 23.5 Å². The van der Waals surface area contributed by atoms with Gasteiger partial charge in [-0.05, 0) is 0 Å². The van der Waals surface area contributed by atoms with Gasteiger partial charge in [-0.1, -0.05) is 0 Å². The third kappa shape index (κ3) is 1.76. The lowest BCUT2D eigenvalue weighted by molar-refractivity contribution is 0.194. The van der Waals surface area contributed by atoms with E-state index in [9.17, 15) is 4.79 Å². The quantitative estimate of drug-likeness (QED) is 0.729. The van der Waals surface area contributed by atoms with Gasteiger partial charge in [-0.15, -0.1) is 0 Å². The van der Waals surface area contributed by atoms with Crippen molar-refractivity contribution in [1.82, 2.24) is 10.3 Å². The summed E-state index contributed by atoms with van der Waals surface area (Å²) in [7, 11) is 0. The molecule has 14 heavy (non-hydrogen) atoms. The smallest absolute Gasteiger partial charge is 0.404 e. The van der Waals surface area contributed by atoms with Crippen LogP contribution in [0.15, 0.2) is 12.3 Å². The minimum absolute atomic E-state index is 0.214. The van der Waals surface area contributed by atoms with E-state index < -0.39 is 6.09 Å². The lowest BCUT2D eigenvalue weighted by atomic mass is 10.2. The number of amides is 1. The Hall–Kier alpha value is -1.78. The van der Waals surface area contributed by atoms with Crippen LogP contribution in [0.3, 0.4) is 0 Å². The van der Waals surface area contributed by atoms with Crippen molar-refractivity contribution in [2.75, 3.05) is 6.61 Å². The molecule has 0 radical (unpaired) electrons. The molecule has 74 valence electrons. The molecule has 0 fully saturated rings. The standard InChI is InChI=1S/C9H10N2O3/c12-9(13)11-5-7-3-8-6(4-10-7)1-2-14-8/h3-4,11H,1-2,5H2,(H,12,13). The van der Waals surface area contributed by atoms with E-state index in [0.29, 0.717) is 12.3 Å². The predicted octanol–water partition coefficient (Wildman–Crippen LogP) is 0.784. The number of carbonyl (C=O) groups is 1. The fraction of sp³-hybridized carbons (Fsp3) is 0.333. The summed E-state index contributed by atoms with van der Waals surface area (Å²) in [5.41, 5.74) is 1.76. The van der Waals surface area contributed by atoms with Gasteiger partial charge in [-0.25, -0.2) is 4.79 Å². The molecule has 0 aromatic carbocycles. The first kappa shape index (κ1) is 8.80. The summed E-state index contributed by atoms with van der Waals surface area (Å²) < 4.78 is 5.33. The van der Waals surface area contributed by atoms with Gasteiger partial charge in [0, 0.05) is 24.2 Å². The molecule has 2 N–H and O–H groups in total. The Morgan fingerprint density at radius 1 is 1.71 bits per heavy atom. The lowest BCUT2D eigenvalue weighted by Gasteiger charge is -2.03. The molecule has 0 atom stereocenters. The zero-order valence-electron chi connectivity index (χ0n) is 7.49. The van der Waals surface area contributed by atoms with Gasteiger partial charge in [0.15, 0.2) is 0 Å². The summed E-state index contributed by atoms with van der Waals surface area (Å²) in [6.07, 6.45) is 1.57. The second-order valence-electron chi connectivity index (χ2n) is 3.04. The SMILES string of the molecule is O=C(O)NCc1cc2c(cn1)CCO2. The monoisotopic (exact) mass is 194 g/mol. The molecular weight excluding hydrogens is 184 g/mol. The number of nitrogens with one attached hydrogen (secondary N) is 1. The summed E-state index contributed by atoms with van der Waals surface area (Å²) in [5.74, 6) is 0.821. The van der Waals surface area contributed by atoms with Crippen LogP contribution >= 0.6 is 0 Å². The van der Waals surface area contributed by atoms with Crippen molar-refractivity contribution >= 4 is 6.09 Å². The largest absolute Gasteiger partial charge is 0.493 e. The minimum atomic E-state index is -1.05. The first-order valence-corrected chi connectivity index (χ1v) is 4.33. The van der Waals surface area contributed by atoms with Gasteiger partial charge in [0.05, 0.1) is 18.8 Å². The average Bonchev–Trinajstić information content (AvgIpc) is 2.61. The Morgan fingerprint density at radius 2 is 2.57 bits per heavy atom. The summed E-state index contributed by atoms with van der Waals surface area (Å²) >= 11 is 0. The van der Waals surface area contributed by atoms with Gasteiger partial charge in [0.1, 0.15) is 5.75 Å². The Balaban J connectivity index is 2.09. The van der Waals surface area contributed by atoms with Crippen LogP contribution in [0.2, 0.25) is 0 Å². The maximum atomic E-state index is 10.2. The van der Waals surface area contributed by atoms with E-state index in [1.807, 2.05) is 0 Å². The molecule has 0 unspecified atom stereocenters. The fourth-order valence-electron chi connectivity index (χ4n) is 1.36. The van der Waals surface area contributed by atoms with E-state index in [0.717, 1.165) is 17.7 Å². The molecule has 5 heteroatoms. The number of nitrogens with zero attached hydrogens (tertiary/aromatic N) is 1. The molecule has 1 aromatic heterocycles. The number of pyridine rings is 1. The van der Waals surface area contributed by atoms with Crippen LogP contribution in [0.1, 0.15) is 11.3 Å². The number of rotatable bonds is 2. The van der Waals surface area contributed by atoms with E-state index >= 15 is 0 Å². The molecule has 0 saturated heterocycles. The molecule has 0 spiro atoms. The van der Waals surface area contributed by atoms with Crippen LogP contribution in [-0.2, 0) is 13.0 Å². The van der Waals surface area contributed by atoms with Gasteiger partial charge >= 0.3 is 6.09 Å². The molecule has 1 aliphatic heterocycles. The zero-order chi connectivity index (χ0) is 9.97. The third-order valence-electron chi connectivity index (χ3n) is 2.05. The van der Waals surface area contributed by atoms with Crippen molar-refractivity contribution in [3.63, 3.8) is 0 Å². The molecule has 5 nitrogen and oxygen atoms in total. The Labute approximate surface area is 80.7 Å². The van der Waals surface area contributed by atoms with Crippen molar-refractivity contribution in [1.29, 1.82) is 0 Å². The summed E-state index contributed by atoms with van der Waals surface area (Å²) in [4.78, 5) is 14.4. The normalized spacial score (nSPS) is 13.1. The average molecular weight is 194 g/mol. The number of hydrogen-bond donors (Lipinski definition) is 2. The van der Waals surface area contributed by atoms with Crippen LogP contribution in [0.4, 0.5) is 4.79 Å². The summed E-state index contributed by atoms with van der Waals surface area (Å²) in [6.45, 7) is 0.902. The van der Waals surface area contributed by atoms with E-state index in [2.05, 4.69) is 10.3 Å². The Bertz CT molecular complexity index is 365. The van der Waals surface area contributed by atoms with E-state index in [4.69, 9.17) is 9.84 Å². The fourth-order valence-corrected chi connectivity index (χ4v) is 1.36. The van der Waals surface area contributed by atoms with E-state index in [-0.39, 0.29) is 6.54 Å². The van der Waals surface area contributed by atoms with Crippen LogP contribution in [0, 0.1) is 0 Å². The predicted molar refractivity (Wildman–Crippen MR) is 48.3 cm³/mol. The van der Waals surface area contributed by atoms with Crippen LogP contribution in [0.25, 0.3) is 0 Å². The van der Waals surface area contributed by atoms with Crippen molar-refractivity contribution in [2.45, 2.75) is 13.0 Å². The van der Waals surface area contributed by atoms with E-state index in [1.54, 1.807) is 12.3 Å². The molecule has 1 amide bonds. The molecule has 0 bridgehead atoms. The van der Waals surface area contributed by atoms with Gasteiger partial charge in [-0.3, -0.25) is 4.98 Å². The molecule has 1 aromatic rings. The van der Waals surface area contributed by atoms with Crippen LogP contribution in [-0.4, -0.2) is 22.8 Å². The van der Waals surface area contributed by atoms with Gasteiger partial charge in [0.25, 0.3) is 0 Å². The highest BCUT2D eigenvalue weighted by atomic mass is 16.5. The maximum Gasteiger partial charge on any atom is 0.404 e. The Morgan fingerprint density at radius 3 is 3.36 bits per heavy atom. The molecule has 1 aliphatic rings. The van der Waals surface area contributed by atoms with Crippen molar-refractivity contribution < 1.29 is 14.6 Å². The molecule has 2 rings (SSSR count). The number of aromatic nitrogens is 1. The first-order valence-electron chi connectivity index (χ1n) is 4.33. The molecule has 0 saturated carbocycles. The minimum Gasteiger partial charge on any atom is -0.493 e. The summed E-state index contributed by atoms with van der Waals surface area (Å²) in [6, 6.07) is 1.78. The molecule has 2 heterocycles. The number of fused-ring (bicyclic) bond motifs is 1.